The van der Waals surface area contributed by atoms with Crippen LogP contribution in [0.1, 0.15) is 16.1 Å². The maximum atomic E-state index is 13.1. The van der Waals surface area contributed by atoms with Crippen LogP contribution >= 0.6 is 0 Å². The maximum absolute atomic E-state index is 13.1. The van der Waals surface area contributed by atoms with Crippen LogP contribution < -0.4 is 5.56 Å². The van der Waals surface area contributed by atoms with Crippen molar-refractivity contribution in [1.29, 1.82) is 0 Å². The Bertz CT molecular complexity index is 913. The van der Waals surface area contributed by atoms with Crippen LogP contribution in [-0.2, 0) is 11.3 Å². The van der Waals surface area contributed by atoms with E-state index in [2.05, 4.69) is 9.72 Å². The van der Waals surface area contributed by atoms with Crippen LogP contribution in [0.15, 0.2) is 46.1 Å². The summed E-state index contributed by atoms with van der Waals surface area (Å²) in [6, 6.07) is 5.23. The molecule has 0 aliphatic rings. The van der Waals surface area contributed by atoms with Gasteiger partial charge in [0.25, 0.3) is 5.56 Å². The van der Waals surface area contributed by atoms with Gasteiger partial charge in [0.05, 0.1) is 37.1 Å². The summed E-state index contributed by atoms with van der Waals surface area (Å²) in [7, 11) is 1.26. The molecule has 0 saturated heterocycles. The molecule has 0 unspecified atom stereocenters. The summed E-state index contributed by atoms with van der Waals surface area (Å²) >= 11 is 0. The lowest BCUT2D eigenvalue weighted by molar-refractivity contribution is 0.0598. The third kappa shape index (κ3) is 2.37. The first kappa shape index (κ1) is 14.0. The van der Waals surface area contributed by atoms with Crippen LogP contribution in [0.4, 0.5) is 4.39 Å². The van der Waals surface area contributed by atoms with Crippen molar-refractivity contribution in [3.8, 4) is 0 Å². The number of rotatable bonds is 3. The Morgan fingerprint density at radius 1 is 1.41 bits per heavy atom. The number of carbonyl (C=O) groups is 1. The molecule has 3 rings (SSSR count). The summed E-state index contributed by atoms with van der Waals surface area (Å²) in [5, 5.41) is 0.287. The summed E-state index contributed by atoms with van der Waals surface area (Å²) in [5.74, 6) is -0.721. The molecular formula is C15H11FN2O4. The van der Waals surface area contributed by atoms with E-state index in [1.54, 1.807) is 0 Å². The van der Waals surface area contributed by atoms with E-state index in [4.69, 9.17) is 4.42 Å². The zero-order valence-electron chi connectivity index (χ0n) is 11.6. The molecule has 0 N–H and O–H groups in total. The monoisotopic (exact) mass is 302 g/mol. The molecule has 3 aromatic rings. The quantitative estimate of drug-likeness (QED) is 0.691. The van der Waals surface area contributed by atoms with E-state index < -0.39 is 11.8 Å². The Morgan fingerprint density at radius 3 is 3.00 bits per heavy atom. The molecule has 0 saturated carbocycles. The number of furan rings is 1. The molecule has 0 aliphatic carbocycles. The summed E-state index contributed by atoms with van der Waals surface area (Å²) in [5.41, 5.74) is 0.166. The molecule has 1 aromatic carbocycles. The van der Waals surface area contributed by atoms with Crippen LogP contribution in [0.25, 0.3) is 10.9 Å². The number of carbonyl (C=O) groups excluding carboxylic acids is 1. The van der Waals surface area contributed by atoms with E-state index in [1.165, 1.54) is 48.5 Å². The normalized spacial score (nSPS) is 10.8. The Morgan fingerprint density at radius 2 is 2.23 bits per heavy atom. The van der Waals surface area contributed by atoms with Gasteiger partial charge in [0.15, 0.2) is 0 Å². The van der Waals surface area contributed by atoms with Crippen LogP contribution in [0.2, 0.25) is 0 Å². The van der Waals surface area contributed by atoms with Crippen molar-refractivity contribution in [1.82, 2.24) is 9.55 Å². The number of ether oxygens (including phenoxy) is 1. The zero-order chi connectivity index (χ0) is 15.7. The first-order chi connectivity index (χ1) is 10.6. The third-order valence-corrected chi connectivity index (χ3v) is 3.25. The second kappa shape index (κ2) is 5.44. The van der Waals surface area contributed by atoms with Gasteiger partial charge in [-0.2, -0.15) is 0 Å². The van der Waals surface area contributed by atoms with E-state index in [9.17, 15) is 14.0 Å². The minimum Gasteiger partial charge on any atom is -0.467 e. The second-order valence-electron chi connectivity index (χ2n) is 4.59. The van der Waals surface area contributed by atoms with E-state index in [1.807, 2.05) is 0 Å². The first-order valence-electron chi connectivity index (χ1n) is 6.39. The minimum atomic E-state index is -0.549. The number of methoxy groups -OCH3 is 1. The predicted octanol–water partition coefficient (Wildman–Crippen LogP) is 1.96. The zero-order valence-corrected chi connectivity index (χ0v) is 11.6. The standard InChI is InChI=1S/C15H11FN2O4/c1-21-15(20)11-4-5-22-13(11)7-18-8-17-12-6-9(16)2-3-10(12)14(18)19/h2-6,8H,7H2,1H3. The lowest BCUT2D eigenvalue weighted by atomic mass is 10.2. The number of esters is 1. The number of aromatic nitrogens is 2. The fourth-order valence-corrected chi connectivity index (χ4v) is 2.15. The Balaban J connectivity index is 2.04. The van der Waals surface area contributed by atoms with Gasteiger partial charge in [-0.1, -0.05) is 0 Å². The van der Waals surface area contributed by atoms with Crippen molar-refractivity contribution in [2.45, 2.75) is 6.54 Å². The molecule has 6 nitrogen and oxygen atoms in total. The Labute approximate surface area is 123 Å². The molecule has 22 heavy (non-hydrogen) atoms. The molecule has 0 atom stereocenters. The van der Waals surface area contributed by atoms with Crippen molar-refractivity contribution in [3.05, 3.63) is 64.4 Å². The molecule has 112 valence electrons. The van der Waals surface area contributed by atoms with E-state index in [0.717, 1.165) is 0 Å². The molecule has 0 aliphatic heterocycles. The fraction of sp³-hybridized carbons (Fsp3) is 0.133. The van der Waals surface area contributed by atoms with Gasteiger partial charge in [-0.05, 0) is 18.2 Å². The van der Waals surface area contributed by atoms with Crippen LogP contribution in [0, 0.1) is 5.82 Å². The summed E-state index contributed by atoms with van der Waals surface area (Å²) < 4.78 is 24.3. The van der Waals surface area contributed by atoms with Crippen LogP contribution in [0.5, 0.6) is 0 Å². The second-order valence-corrected chi connectivity index (χ2v) is 4.59. The maximum Gasteiger partial charge on any atom is 0.341 e. The summed E-state index contributed by atoms with van der Waals surface area (Å²) in [4.78, 5) is 28.0. The number of fused-ring (bicyclic) bond motifs is 1. The average molecular weight is 302 g/mol. The molecular weight excluding hydrogens is 291 g/mol. The van der Waals surface area contributed by atoms with Gasteiger partial charge in [-0.15, -0.1) is 0 Å². The van der Waals surface area contributed by atoms with E-state index in [0.29, 0.717) is 0 Å². The van der Waals surface area contributed by atoms with Crippen LogP contribution in [-0.4, -0.2) is 22.6 Å². The van der Waals surface area contributed by atoms with Gasteiger partial charge >= 0.3 is 5.97 Å². The van der Waals surface area contributed by atoms with Gasteiger partial charge in [-0.25, -0.2) is 14.2 Å². The average Bonchev–Trinajstić information content (AvgIpc) is 2.97. The predicted molar refractivity (Wildman–Crippen MR) is 75.1 cm³/mol. The highest BCUT2D eigenvalue weighted by Crippen LogP contribution is 2.14. The van der Waals surface area contributed by atoms with Crippen molar-refractivity contribution < 1.29 is 18.3 Å². The van der Waals surface area contributed by atoms with Crippen molar-refractivity contribution in [2.75, 3.05) is 7.11 Å². The molecule has 2 aromatic heterocycles. The van der Waals surface area contributed by atoms with Crippen molar-refractivity contribution >= 4 is 16.9 Å². The highest BCUT2D eigenvalue weighted by Gasteiger charge is 2.16. The summed E-state index contributed by atoms with van der Waals surface area (Å²) in [6.07, 6.45) is 2.63. The van der Waals surface area contributed by atoms with Gasteiger partial charge in [0.2, 0.25) is 0 Å². The van der Waals surface area contributed by atoms with Gasteiger partial charge in [0.1, 0.15) is 17.1 Å². The smallest absolute Gasteiger partial charge is 0.341 e. The molecule has 0 bridgehead atoms. The van der Waals surface area contributed by atoms with E-state index >= 15 is 0 Å². The molecule has 0 fully saturated rings. The van der Waals surface area contributed by atoms with Gasteiger partial charge < -0.3 is 9.15 Å². The lowest BCUT2D eigenvalue weighted by Gasteiger charge is -2.06. The molecule has 0 radical (unpaired) electrons. The molecule has 0 spiro atoms. The third-order valence-electron chi connectivity index (χ3n) is 3.25. The first-order valence-corrected chi connectivity index (χ1v) is 6.39. The fourth-order valence-electron chi connectivity index (χ4n) is 2.15. The number of benzene rings is 1. The number of hydrogen-bond acceptors (Lipinski definition) is 5. The number of hydrogen-bond donors (Lipinski definition) is 0. The lowest BCUT2D eigenvalue weighted by Crippen LogP contribution is -2.22. The van der Waals surface area contributed by atoms with E-state index in [-0.39, 0.29) is 34.3 Å². The SMILES string of the molecule is COC(=O)c1ccoc1Cn1cnc2cc(F)ccc2c1=O. The largest absolute Gasteiger partial charge is 0.467 e. The van der Waals surface area contributed by atoms with Gasteiger partial charge in [-0.3, -0.25) is 9.36 Å². The Kier molecular flexibility index (Phi) is 3.46. The topological polar surface area (TPSA) is 74.3 Å². The number of nitrogens with zero attached hydrogens (tertiary/aromatic N) is 2. The highest BCUT2D eigenvalue weighted by atomic mass is 19.1. The van der Waals surface area contributed by atoms with Gasteiger partial charge in [0, 0.05) is 6.07 Å². The minimum absolute atomic E-state index is 0.0244. The number of halogens is 1. The molecule has 7 heteroatoms. The van der Waals surface area contributed by atoms with Crippen molar-refractivity contribution in [3.63, 3.8) is 0 Å². The van der Waals surface area contributed by atoms with Crippen LogP contribution in [0.3, 0.4) is 0 Å². The highest BCUT2D eigenvalue weighted by molar-refractivity contribution is 5.90. The summed E-state index contributed by atoms with van der Waals surface area (Å²) in [6.45, 7) is 0.0244. The molecule has 0 amide bonds. The molecule has 2 heterocycles. The Hall–Kier alpha value is -2.96. The van der Waals surface area contributed by atoms with Crippen molar-refractivity contribution in [2.24, 2.45) is 0 Å².